The topological polar surface area (TPSA) is 97.7 Å². The van der Waals surface area contributed by atoms with Crippen LogP contribution in [0.2, 0.25) is 0 Å². The van der Waals surface area contributed by atoms with Crippen molar-refractivity contribution in [2.75, 3.05) is 18.6 Å². The van der Waals surface area contributed by atoms with Crippen LogP contribution < -0.4 is 20.1 Å². The van der Waals surface area contributed by atoms with E-state index in [4.69, 9.17) is 15.2 Å². The minimum atomic E-state index is -0.873. The van der Waals surface area contributed by atoms with Gasteiger partial charge < -0.3 is 25.1 Å². The minimum Gasteiger partial charge on any atom is -0.497 e. The number of aromatic nitrogens is 1. The van der Waals surface area contributed by atoms with Crippen LogP contribution in [-0.2, 0) is 16.0 Å². The van der Waals surface area contributed by atoms with E-state index in [-0.39, 0.29) is 18.9 Å². The average Bonchev–Trinajstić information content (AvgIpc) is 3.25. The highest BCUT2D eigenvalue weighted by Gasteiger charge is 2.32. The van der Waals surface area contributed by atoms with Crippen LogP contribution in [0.4, 0.5) is 5.69 Å². The molecule has 5 rings (SSSR count). The van der Waals surface area contributed by atoms with Crippen molar-refractivity contribution in [3.8, 4) is 22.8 Å². The van der Waals surface area contributed by atoms with E-state index < -0.39 is 12.0 Å². The van der Waals surface area contributed by atoms with Crippen molar-refractivity contribution >= 4 is 28.4 Å². The number of hydrogen-bond donors (Lipinski definition) is 2. The number of fused-ring (bicyclic) bond motifs is 2. The number of H-pyrrole nitrogens is 1. The molecule has 172 valence electrons. The smallest absolute Gasteiger partial charge is 0.260 e. The number of anilines is 1. The fourth-order valence-electron chi connectivity index (χ4n) is 4.45. The number of primary amides is 1. The van der Waals surface area contributed by atoms with Gasteiger partial charge in [0.2, 0.25) is 5.91 Å². The van der Waals surface area contributed by atoms with E-state index in [9.17, 15) is 9.59 Å². The average molecular weight is 456 g/mol. The number of benzene rings is 3. The summed E-state index contributed by atoms with van der Waals surface area (Å²) in [5, 5.41) is 1.08. The number of aryl methyl sites for hydroxylation is 1. The molecule has 4 aromatic rings. The molecule has 0 unspecified atom stereocenters. The number of nitrogens with one attached hydrogen (secondary N) is 1. The predicted molar refractivity (Wildman–Crippen MR) is 131 cm³/mol. The van der Waals surface area contributed by atoms with Gasteiger partial charge in [-0.2, -0.15) is 0 Å². The number of carbonyl (C=O) groups excluding carboxylic acids is 2. The number of carbonyl (C=O) groups is 2. The molecule has 7 nitrogen and oxygen atoms in total. The van der Waals surface area contributed by atoms with Gasteiger partial charge in [-0.1, -0.05) is 30.3 Å². The minimum absolute atomic E-state index is 0.0898. The van der Waals surface area contributed by atoms with Gasteiger partial charge in [0.1, 0.15) is 11.5 Å². The highest BCUT2D eigenvalue weighted by Crippen LogP contribution is 2.35. The third-order valence-electron chi connectivity index (χ3n) is 6.17. The third kappa shape index (κ3) is 3.96. The molecule has 0 spiro atoms. The molecule has 0 aliphatic carbocycles. The van der Waals surface area contributed by atoms with Crippen LogP contribution in [0.5, 0.6) is 11.5 Å². The van der Waals surface area contributed by atoms with Crippen LogP contribution in [0.15, 0.2) is 72.8 Å². The molecule has 34 heavy (non-hydrogen) atoms. The summed E-state index contributed by atoms with van der Waals surface area (Å²) < 4.78 is 11.0. The molecule has 0 saturated carbocycles. The molecule has 0 radical (unpaired) electrons. The zero-order valence-corrected chi connectivity index (χ0v) is 18.8. The van der Waals surface area contributed by atoms with Crippen LogP contribution in [-0.4, -0.2) is 36.6 Å². The zero-order chi connectivity index (χ0) is 23.7. The Morgan fingerprint density at radius 1 is 1.06 bits per heavy atom. The van der Waals surface area contributed by atoms with Crippen molar-refractivity contribution < 1.29 is 19.1 Å². The summed E-state index contributed by atoms with van der Waals surface area (Å²) in [6.07, 6.45) is -0.0720. The van der Waals surface area contributed by atoms with E-state index in [0.717, 1.165) is 33.5 Å². The Morgan fingerprint density at radius 2 is 1.79 bits per heavy atom. The van der Waals surface area contributed by atoms with Crippen molar-refractivity contribution in [2.45, 2.75) is 18.9 Å². The lowest BCUT2D eigenvalue weighted by atomic mass is 10.0. The molecule has 0 bridgehead atoms. The summed E-state index contributed by atoms with van der Waals surface area (Å²) in [6, 6.07) is 23.1. The fourth-order valence-corrected chi connectivity index (χ4v) is 4.45. The number of para-hydroxylation sites is 3. The van der Waals surface area contributed by atoms with Gasteiger partial charge in [-0.25, -0.2) is 0 Å². The summed E-state index contributed by atoms with van der Waals surface area (Å²) in [7, 11) is 1.64. The molecular formula is C27H25N3O4. The monoisotopic (exact) mass is 455 g/mol. The Hall–Kier alpha value is -4.26. The van der Waals surface area contributed by atoms with Gasteiger partial charge in [0.05, 0.1) is 19.3 Å². The van der Waals surface area contributed by atoms with Gasteiger partial charge in [-0.05, 0) is 60.0 Å². The van der Waals surface area contributed by atoms with Gasteiger partial charge in [-0.3, -0.25) is 9.59 Å². The van der Waals surface area contributed by atoms with E-state index >= 15 is 0 Å². The summed E-state index contributed by atoms with van der Waals surface area (Å²) in [5.74, 6) is 0.585. The summed E-state index contributed by atoms with van der Waals surface area (Å²) in [6.45, 7) is 0.102. The largest absolute Gasteiger partial charge is 0.497 e. The lowest BCUT2D eigenvalue weighted by Gasteiger charge is -2.33. The van der Waals surface area contributed by atoms with Crippen LogP contribution in [0, 0.1) is 0 Å². The molecule has 0 fully saturated rings. The van der Waals surface area contributed by atoms with Crippen LogP contribution in [0.3, 0.4) is 0 Å². The van der Waals surface area contributed by atoms with E-state index in [1.54, 1.807) is 24.1 Å². The number of hydrogen-bond acceptors (Lipinski definition) is 4. The summed E-state index contributed by atoms with van der Waals surface area (Å²) in [5.41, 5.74) is 10.2. The summed E-state index contributed by atoms with van der Waals surface area (Å²) >= 11 is 0. The van der Waals surface area contributed by atoms with Crippen LogP contribution >= 0.6 is 0 Å². The molecule has 2 amide bonds. The Labute approximate surface area is 197 Å². The Morgan fingerprint density at radius 3 is 2.56 bits per heavy atom. The first-order valence-electron chi connectivity index (χ1n) is 11.1. The molecule has 1 aliphatic heterocycles. The Kier molecular flexibility index (Phi) is 5.67. The second-order valence-corrected chi connectivity index (χ2v) is 8.23. The second kappa shape index (κ2) is 8.94. The number of nitrogens with zero attached hydrogens (tertiary/aromatic N) is 1. The number of methoxy groups -OCH3 is 1. The second-order valence-electron chi connectivity index (χ2n) is 8.23. The number of nitrogens with two attached hydrogens (primary N) is 1. The van der Waals surface area contributed by atoms with Gasteiger partial charge in [0.15, 0.2) is 6.10 Å². The van der Waals surface area contributed by atoms with Crippen molar-refractivity contribution in [3.05, 3.63) is 78.4 Å². The molecule has 3 N–H and O–H groups in total. The lowest BCUT2D eigenvalue weighted by molar-refractivity contribution is -0.125. The number of ether oxygens (including phenoxy) is 2. The molecule has 1 aliphatic rings. The fraction of sp³-hybridized carbons (Fsp3) is 0.185. The van der Waals surface area contributed by atoms with E-state index in [1.807, 2.05) is 54.6 Å². The zero-order valence-electron chi connectivity index (χ0n) is 18.8. The highest BCUT2D eigenvalue weighted by molar-refractivity contribution is 5.98. The van der Waals surface area contributed by atoms with E-state index in [0.29, 0.717) is 17.9 Å². The van der Waals surface area contributed by atoms with Gasteiger partial charge in [0, 0.05) is 23.0 Å². The normalized spacial score (nSPS) is 15.0. The van der Waals surface area contributed by atoms with Crippen molar-refractivity contribution in [1.29, 1.82) is 0 Å². The predicted octanol–water partition coefficient (Wildman–Crippen LogP) is 4.06. The first-order chi connectivity index (χ1) is 16.5. The van der Waals surface area contributed by atoms with Gasteiger partial charge in [0.25, 0.3) is 5.91 Å². The molecule has 2 heterocycles. The molecule has 1 atom stereocenters. The highest BCUT2D eigenvalue weighted by atomic mass is 16.5. The van der Waals surface area contributed by atoms with Crippen molar-refractivity contribution in [3.63, 3.8) is 0 Å². The summed E-state index contributed by atoms with van der Waals surface area (Å²) in [4.78, 5) is 30.3. The Bertz CT molecular complexity index is 1360. The van der Waals surface area contributed by atoms with Crippen molar-refractivity contribution in [1.82, 2.24) is 4.98 Å². The standard InChI is InChI=1S/C27H25N3O4/c1-33-18-12-10-17(11-13-18)26-20(19-6-2-3-7-21(19)29-26)14-15-25(31)30-16-24(27(28)32)34-23-9-5-4-8-22(23)30/h2-13,24,29H,14-16H2,1H3,(H2,28,32)/t24-/m0/s1. The molecule has 3 aromatic carbocycles. The maximum atomic E-state index is 13.4. The number of amides is 2. The number of aromatic amines is 1. The molecule has 1 aromatic heterocycles. The first-order valence-corrected chi connectivity index (χ1v) is 11.1. The molecule has 0 saturated heterocycles. The quantitative estimate of drug-likeness (QED) is 0.458. The number of rotatable bonds is 6. The lowest BCUT2D eigenvalue weighted by Crippen LogP contribution is -2.49. The van der Waals surface area contributed by atoms with E-state index in [1.165, 1.54) is 0 Å². The van der Waals surface area contributed by atoms with Crippen LogP contribution in [0.25, 0.3) is 22.2 Å². The van der Waals surface area contributed by atoms with Gasteiger partial charge >= 0.3 is 0 Å². The SMILES string of the molecule is COc1ccc(-c2[nH]c3ccccc3c2CCC(=O)N2C[C@@H](C(N)=O)Oc3ccccc32)cc1. The van der Waals surface area contributed by atoms with E-state index in [2.05, 4.69) is 11.1 Å². The van der Waals surface area contributed by atoms with Crippen LogP contribution in [0.1, 0.15) is 12.0 Å². The maximum absolute atomic E-state index is 13.4. The molecular weight excluding hydrogens is 430 g/mol. The maximum Gasteiger partial charge on any atom is 0.260 e. The van der Waals surface area contributed by atoms with Gasteiger partial charge in [-0.15, -0.1) is 0 Å². The third-order valence-corrected chi connectivity index (χ3v) is 6.17. The Balaban J connectivity index is 1.45. The first kappa shape index (κ1) is 21.6. The van der Waals surface area contributed by atoms with Crippen molar-refractivity contribution in [2.24, 2.45) is 5.73 Å². The molecule has 7 heteroatoms.